The summed E-state index contributed by atoms with van der Waals surface area (Å²) >= 11 is 0. The third-order valence-electron chi connectivity index (χ3n) is 1.52. The first kappa shape index (κ1) is 14.5. The maximum absolute atomic E-state index is 11.2. The van der Waals surface area contributed by atoms with E-state index in [-0.39, 0.29) is 37.0 Å². The van der Waals surface area contributed by atoms with Gasteiger partial charge in [-0.3, -0.25) is 9.36 Å². The van der Waals surface area contributed by atoms with Crippen LogP contribution in [0.4, 0.5) is 0 Å². The van der Waals surface area contributed by atoms with E-state index in [0.29, 0.717) is 5.75 Å². The molecule has 1 aromatic rings. The number of carboxylic acid groups (broad SMARTS) is 1. The van der Waals surface area contributed by atoms with E-state index in [2.05, 4.69) is 0 Å². The number of rotatable bonds is 5. The van der Waals surface area contributed by atoms with Crippen molar-refractivity contribution in [3.8, 4) is 5.75 Å². The molecule has 6 heteroatoms. The minimum atomic E-state index is -2.27. The zero-order valence-corrected chi connectivity index (χ0v) is 12.3. The molecule has 0 saturated carbocycles. The van der Waals surface area contributed by atoms with Crippen LogP contribution >= 0.6 is 8.03 Å². The van der Waals surface area contributed by atoms with Gasteiger partial charge in [-0.15, -0.1) is 0 Å². The SMILES string of the molecule is O=C(O)CC[PH](=O)Oc1ccccc1.[SbH2]. The Morgan fingerprint density at radius 2 is 1.93 bits per heavy atom. The number of aliphatic carboxylic acids is 1. The minimum absolute atomic E-state index is 0. The van der Waals surface area contributed by atoms with E-state index in [1.54, 1.807) is 24.3 Å². The van der Waals surface area contributed by atoms with Gasteiger partial charge >= 0.3 is 30.4 Å². The van der Waals surface area contributed by atoms with Gasteiger partial charge in [0.05, 0.1) is 6.42 Å². The zero-order valence-electron chi connectivity index (χ0n) is 8.05. The Bertz CT molecular complexity index is 328. The second kappa shape index (κ2) is 7.78. The van der Waals surface area contributed by atoms with Gasteiger partial charge in [-0.2, -0.15) is 0 Å². The number of hydrogen-bond donors (Lipinski definition) is 1. The monoisotopic (exact) mass is 337 g/mol. The Kier molecular flexibility index (Phi) is 7.54. The third-order valence-corrected chi connectivity index (χ3v) is 2.64. The Hall–Kier alpha value is -0.462. The summed E-state index contributed by atoms with van der Waals surface area (Å²) in [7, 11) is -2.27. The molecule has 4 nitrogen and oxygen atoms in total. The molecule has 0 spiro atoms. The standard InChI is InChI=1S/C9H11O4P.Sb.2H/c10-9(11)6-7-14(12)13-8-4-2-1-3-5-8;;;/h1-5,14H,6-7H2,(H,10,11);;;. The van der Waals surface area contributed by atoms with Gasteiger partial charge in [0, 0.05) is 6.16 Å². The van der Waals surface area contributed by atoms with Gasteiger partial charge in [0.15, 0.2) is 0 Å². The van der Waals surface area contributed by atoms with Crippen molar-refractivity contribution in [3.05, 3.63) is 30.3 Å². The van der Waals surface area contributed by atoms with Gasteiger partial charge in [-0.25, -0.2) is 0 Å². The molecule has 1 aromatic carbocycles. The molecule has 1 radical (unpaired) electrons. The molecule has 1 unspecified atom stereocenters. The maximum atomic E-state index is 11.2. The van der Waals surface area contributed by atoms with Crippen LogP contribution < -0.4 is 4.52 Å². The third kappa shape index (κ3) is 6.59. The summed E-state index contributed by atoms with van der Waals surface area (Å²) in [6, 6.07) is 8.72. The van der Waals surface area contributed by atoms with Crippen LogP contribution in [0.5, 0.6) is 5.75 Å². The first-order valence-electron chi connectivity index (χ1n) is 4.16. The molecular formula is C9H13O4PSb. The average Bonchev–Trinajstić information content (AvgIpc) is 2.16. The van der Waals surface area contributed by atoms with E-state index in [9.17, 15) is 9.36 Å². The van der Waals surface area contributed by atoms with Crippen LogP contribution in [-0.2, 0) is 9.36 Å². The van der Waals surface area contributed by atoms with Gasteiger partial charge in [-0.05, 0) is 12.1 Å². The van der Waals surface area contributed by atoms with E-state index in [4.69, 9.17) is 9.63 Å². The molecule has 0 amide bonds. The fourth-order valence-electron chi connectivity index (χ4n) is 0.880. The normalized spacial score (nSPS) is 11.2. The Labute approximate surface area is 106 Å². The fraction of sp³-hybridized carbons (Fsp3) is 0.222. The summed E-state index contributed by atoms with van der Waals surface area (Å²) in [5, 5.41) is 8.35. The molecule has 0 fully saturated rings. The van der Waals surface area contributed by atoms with Crippen LogP contribution in [0, 0.1) is 0 Å². The van der Waals surface area contributed by atoms with E-state index < -0.39 is 14.0 Å². The summed E-state index contributed by atoms with van der Waals surface area (Å²) in [6.07, 6.45) is -0.0421. The molecule has 0 saturated heterocycles. The first-order valence-corrected chi connectivity index (χ1v) is 5.68. The number of carboxylic acids is 1. The van der Waals surface area contributed by atoms with Crippen molar-refractivity contribution in [1.29, 1.82) is 0 Å². The molecule has 0 heterocycles. The van der Waals surface area contributed by atoms with Crippen molar-refractivity contribution in [2.75, 3.05) is 6.16 Å². The van der Waals surface area contributed by atoms with Gasteiger partial charge in [0.1, 0.15) is 5.75 Å². The van der Waals surface area contributed by atoms with Crippen molar-refractivity contribution in [3.63, 3.8) is 0 Å². The van der Waals surface area contributed by atoms with Crippen molar-refractivity contribution >= 4 is 38.4 Å². The van der Waals surface area contributed by atoms with Crippen LogP contribution in [0.2, 0.25) is 0 Å². The van der Waals surface area contributed by atoms with Crippen LogP contribution in [0.3, 0.4) is 0 Å². The number of hydrogen-bond acceptors (Lipinski definition) is 3. The summed E-state index contributed by atoms with van der Waals surface area (Å²) in [5.74, 6) is -0.443. The molecule has 1 atom stereocenters. The predicted molar refractivity (Wildman–Crippen MR) is 61.7 cm³/mol. The van der Waals surface area contributed by atoms with E-state index in [1.165, 1.54) is 0 Å². The fourth-order valence-corrected chi connectivity index (χ4v) is 1.80. The molecule has 0 bridgehead atoms. The number of carbonyl (C=O) groups is 1. The molecule has 0 aromatic heterocycles. The van der Waals surface area contributed by atoms with Gasteiger partial charge < -0.3 is 9.63 Å². The molecule has 1 rings (SSSR count). The van der Waals surface area contributed by atoms with Crippen molar-refractivity contribution in [2.45, 2.75) is 6.42 Å². The van der Waals surface area contributed by atoms with Crippen LogP contribution in [-0.4, -0.2) is 41.7 Å². The molecule has 1 N–H and O–H groups in total. The van der Waals surface area contributed by atoms with Crippen LogP contribution in [0.1, 0.15) is 6.42 Å². The number of benzene rings is 1. The Morgan fingerprint density at radius 3 is 2.47 bits per heavy atom. The molecule has 83 valence electrons. The van der Waals surface area contributed by atoms with Crippen LogP contribution in [0.15, 0.2) is 30.3 Å². The molecular weight excluding hydrogens is 325 g/mol. The number of para-hydroxylation sites is 1. The summed E-state index contributed by atoms with van der Waals surface area (Å²) in [4.78, 5) is 10.2. The topological polar surface area (TPSA) is 63.6 Å². The molecule has 0 aliphatic heterocycles. The quantitative estimate of drug-likeness (QED) is 0.645. The molecule has 0 aliphatic carbocycles. The van der Waals surface area contributed by atoms with E-state index in [0.717, 1.165) is 0 Å². The first-order chi connectivity index (χ1) is 6.68. The second-order valence-corrected chi connectivity index (χ2v) is 4.13. The van der Waals surface area contributed by atoms with Crippen molar-refractivity contribution in [2.24, 2.45) is 0 Å². The molecule has 15 heavy (non-hydrogen) atoms. The van der Waals surface area contributed by atoms with Gasteiger partial charge in [0.2, 0.25) is 8.03 Å². The van der Waals surface area contributed by atoms with Crippen molar-refractivity contribution < 1.29 is 19.0 Å². The van der Waals surface area contributed by atoms with Crippen molar-refractivity contribution in [1.82, 2.24) is 0 Å². The second-order valence-electron chi connectivity index (χ2n) is 2.68. The van der Waals surface area contributed by atoms with Gasteiger partial charge in [0.25, 0.3) is 0 Å². The Morgan fingerprint density at radius 1 is 1.33 bits per heavy atom. The zero-order chi connectivity index (χ0) is 10.4. The summed E-state index contributed by atoms with van der Waals surface area (Å²) < 4.78 is 16.3. The summed E-state index contributed by atoms with van der Waals surface area (Å²) in [6.45, 7) is 0. The molecule has 0 aliphatic rings. The Balaban J connectivity index is 0.00000196. The van der Waals surface area contributed by atoms with E-state index >= 15 is 0 Å². The van der Waals surface area contributed by atoms with Gasteiger partial charge in [-0.1, -0.05) is 18.2 Å². The summed E-state index contributed by atoms with van der Waals surface area (Å²) in [5.41, 5.74) is 0. The van der Waals surface area contributed by atoms with E-state index in [1.807, 2.05) is 6.07 Å². The predicted octanol–water partition coefficient (Wildman–Crippen LogP) is 1.10. The van der Waals surface area contributed by atoms with Crippen LogP contribution in [0.25, 0.3) is 0 Å². The average molecular weight is 338 g/mol.